The first-order valence-electron chi connectivity index (χ1n) is 3.34. The fourth-order valence-corrected chi connectivity index (χ4v) is 0.901. The van der Waals surface area contributed by atoms with Gasteiger partial charge in [-0.1, -0.05) is 30.7 Å². The number of allylic oxidation sites excluding steroid dienone is 4. The standard InChI is InChI=1S/C8H11F/c1-2-7-3-5-8(9)6-4-7/h3-5,8H,2,6H2,1H3. The molecule has 1 heteroatoms. The summed E-state index contributed by atoms with van der Waals surface area (Å²) in [5.74, 6) is 0. The van der Waals surface area contributed by atoms with E-state index >= 15 is 0 Å². The minimum Gasteiger partial charge on any atom is -0.243 e. The van der Waals surface area contributed by atoms with Crippen LogP contribution in [0.1, 0.15) is 19.8 Å². The minimum absolute atomic E-state index is 0.569. The smallest absolute Gasteiger partial charge is 0.122 e. The molecule has 0 saturated carbocycles. The molecule has 0 aromatic carbocycles. The van der Waals surface area contributed by atoms with E-state index in [1.54, 1.807) is 6.08 Å². The molecule has 1 unspecified atom stereocenters. The second-order valence-corrected chi connectivity index (χ2v) is 2.24. The summed E-state index contributed by atoms with van der Waals surface area (Å²) < 4.78 is 12.4. The second kappa shape index (κ2) is 2.81. The summed E-state index contributed by atoms with van der Waals surface area (Å²) in [6.07, 6.45) is 6.31. The molecular formula is C8H11F. The van der Waals surface area contributed by atoms with Gasteiger partial charge in [0.15, 0.2) is 0 Å². The lowest BCUT2D eigenvalue weighted by Gasteiger charge is -2.06. The molecule has 0 amide bonds. The number of halogens is 1. The minimum atomic E-state index is -0.736. The van der Waals surface area contributed by atoms with Crippen molar-refractivity contribution in [2.24, 2.45) is 0 Å². The van der Waals surface area contributed by atoms with E-state index in [4.69, 9.17) is 0 Å². The van der Waals surface area contributed by atoms with E-state index in [1.807, 2.05) is 12.2 Å². The summed E-state index contributed by atoms with van der Waals surface area (Å²) in [6, 6.07) is 0. The van der Waals surface area contributed by atoms with Crippen molar-refractivity contribution in [1.29, 1.82) is 0 Å². The third kappa shape index (κ3) is 1.67. The number of hydrogen-bond acceptors (Lipinski definition) is 0. The second-order valence-electron chi connectivity index (χ2n) is 2.24. The van der Waals surface area contributed by atoms with Crippen LogP contribution in [0.15, 0.2) is 23.8 Å². The summed E-state index contributed by atoms with van der Waals surface area (Å²) in [4.78, 5) is 0. The zero-order valence-electron chi connectivity index (χ0n) is 5.60. The Kier molecular flexibility index (Phi) is 2.04. The van der Waals surface area contributed by atoms with Gasteiger partial charge in [-0.25, -0.2) is 4.39 Å². The van der Waals surface area contributed by atoms with Crippen LogP contribution in [0.5, 0.6) is 0 Å². The highest BCUT2D eigenvalue weighted by Gasteiger charge is 2.03. The van der Waals surface area contributed by atoms with Crippen LogP contribution in [0.3, 0.4) is 0 Å². The molecule has 9 heavy (non-hydrogen) atoms. The molecule has 1 atom stereocenters. The maximum atomic E-state index is 12.4. The van der Waals surface area contributed by atoms with Crippen LogP contribution in [0.25, 0.3) is 0 Å². The Labute approximate surface area is 55.1 Å². The molecule has 0 fully saturated rings. The van der Waals surface area contributed by atoms with E-state index in [9.17, 15) is 4.39 Å². The molecule has 0 N–H and O–H groups in total. The maximum Gasteiger partial charge on any atom is 0.122 e. The van der Waals surface area contributed by atoms with Gasteiger partial charge in [0.1, 0.15) is 6.17 Å². The summed E-state index contributed by atoms with van der Waals surface area (Å²) >= 11 is 0. The van der Waals surface area contributed by atoms with Crippen molar-refractivity contribution in [3.63, 3.8) is 0 Å². The van der Waals surface area contributed by atoms with Crippen LogP contribution in [0, 0.1) is 0 Å². The molecule has 1 aliphatic rings. The molecule has 0 bridgehead atoms. The van der Waals surface area contributed by atoms with Crippen LogP contribution < -0.4 is 0 Å². The topological polar surface area (TPSA) is 0 Å². The van der Waals surface area contributed by atoms with Gasteiger partial charge >= 0.3 is 0 Å². The highest BCUT2D eigenvalue weighted by Crippen LogP contribution is 2.14. The van der Waals surface area contributed by atoms with Gasteiger partial charge in [-0.2, -0.15) is 0 Å². The lowest BCUT2D eigenvalue weighted by atomic mass is 10.0. The predicted octanol–water partition coefficient (Wildman–Crippen LogP) is 2.62. The van der Waals surface area contributed by atoms with Gasteiger partial charge in [0, 0.05) is 6.42 Å². The Morgan fingerprint density at radius 2 is 2.56 bits per heavy atom. The van der Waals surface area contributed by atoms with Crippen molar-refractivity contribution in [2.45, 2.75) is 25.9 Å². The van der Waals surface area contributed by atoms with Crippen molar-refractivity contribution in [3.05, 3.63) is 23.8 Å². The molecule has 0 spiro atoms. The van der Waals surface area contributed by atoms with E-state index in [2.05, 4.69) is 6.92 Å². The van der Waals surface area contributed by atoms with E-state index in [-0.39, 0.29) is 0 Å². The van der Waals surface area contributed by atoms with E-state index < -0.39 is 6.17 Å². The normalized spacial score (nSPS) is 26.0. The van der Waals surface area contributed by atoms with Crippen LogP contribution >= 0.6 is 0 Å². The highest BCUT2D eigenvalue weighted by atomic mass is 19.1. The first-order chi connectivity index (χ1) is 4.33. The number of rotatable bonds is 1. The van der Waals surface area contributed by atoms with Gasteiger partial charge in [0.2, 0.25) is 0 Å². The lowest BCUT2D eigenvalue weighted by Crippen LogP contribution is -1.97. The fraction of sp³-hybridized carbons (Fsp3) is 0.500. The van der Waals surface area contributed by atoms with Crippen molar-refractivity contribution < 1.29 is 4.39 Å². The predicted molar refractivity (Wildman–Crippen MR) is 37.0 cm³/mol. The fourth-order valence-electron chi connectivity index (χ4n) is 0.901. The molecule has 0 radical (unpaired) electrons. The van der Waals surface area contributed by atoms with Gasteiger partial charge in [-0.05, 0) is 6.42 Å². The first kappa shape index (κ1) is 6.53. The third-order valence-corrected chi connectivity index (χ3v) is 1.53. The molecule has 0 saturated heterocycles. The molecule has 0 heterocycles. The van der Waals surface area contributed by atoms with Gasteiger partial charge < -0.3 is 0 Å². The maximum absolute atomic E-state index is 12.4. The Morgan fingerprint density at radius 3 is 3.00 bits per heavy atom. The molecule has 0 nitrogen and oxygen atoms in total. The zero-order valence-corrected chi connectivity index (χ0v) is 5.60. The van der Waals surface area contributed by atoms with Crippen molar-refractivity contribution in [3.8, 4) is 0 Å². The Hall–Kier alpha value is -0.590. The average Bonchev–Trinajstić information content (AvgIpc) is 1.90. The van der Waals surface area contributed by atoms with E-state index in [0.717, 1.165) is 6.42 Å². The lowest BCUT2D eigenvalue weighted by molar-refractivity contribution is 0.400. The monoisotopic (exact) mass is 126 g/mol. The molecule has 1 rings (SSSR count). The summed E-state index contributed by atoms with van der Waals surface area (Å²) in [5, 5.41) is 0. The molecule has 0 aliphatic heterocycles. The summed E-state index contributed by atoms with van der Waals surface area (Å²) in [5.41, 5.74) is 1.25. The van der Waals surface area contributed by atoms with Crippen LogP contribution in [0.4, 0.5) is 4.39 Å². The van der Waals surface area contributed by atoms with Gasteiger partial charge in [-0.15, -0.1) is 0 Å². The Morgan fingerprint density at radius 1 is 1.78 bits per heavy atom. The third-order valence-electron chi connectivity index (χ3n) is 1.53. The highest BCUT2D eigenvalue weighted by molar-refractivity contribution is 5.23. The Balaban J connectivity index is 2.52. The first-order valence-corrected chi connectivity index (χ1v) is 3.34. The molecule has 1 aliphatic carbocycles. The van der Waals surface area contributed by atoms with Crippen molar-refractivity contribution >= 4 is 0 Å². The van der Waals surface area contributed by atoms with Gasteiger partial charge in [0.25, 0.3) is 0 Å². The van der Waals surface area contributed by atoms with Crippen LogP contribution in [-0.2, 0) is 0 Å². The quantitative estimate of drug-likeness (QED) is 0.506. The Bertz CT molecular complexity index is 145. The SMILES string of the molecule is CCC1=CCC(F)C=C1. The molecule has 0 aromatic rings. The van der Waals surface area contributed by atoms with E-state index in [1.165, 1.54) is 5.57 Å². The molecular weight excluding hydrogens is 115 g/mol. The molecule has 0 aromatic heterocycles. The average molecular weight is 126 g/mol. The van der Waals surface area contributed by atoms with Crippen molar-refractivity contribution in [1.82, 2.24) is 0 Å². The zero-order chi connectivity index (χ0) is 6.69. The van der Waals surface area contributed by atoms with Crippen molar-refractivity contribution in [2.75, 3.05) is 0 Å². The van der Waals surface area contributed by atoms with Gasteiger partial charge in [-0.3, -0.25) is 0 Å². The van der Waals surface area contributed by atoms with Gasteiger partial charge in [0.05, 0.1) is 0 Å². The van der Waals surface area contributed by atoms with Crippen LogP contribution in [0.2, 0.25) is 0 Å². The van der Waals surface area contributed by atoms with Crippen LogP contribution in [-0.4, -0.2) is 6.17 Å². The van der Waals surface area contributed by atoms with E-state index in [0.29, 0.717) is 6.42 Å². The number of hydrogen-bond donors (Lipinski definition) is 0. The summed E-state index contributed by atoms with van der Waals surface area (Å²) in [7, 11) is 0. The summed E-state index contributed by atoms with van der Waals surface area (Å²) in [6.45, 7) is 2.08. The molecule has 50 valence electrons. The largest absolute Gasteiger partial charge is 0.243 e. The number of alkyl halides is 1.